The molecule has 6 heteroatoms. The minimum atomic E-state index is -0.312. The Bertz CT molecular complexity index is 2900. The third-order valence-electron chi connectivity index (χ3n) is 12.1. The Balaban J connectivity index is 1.04. The lowest BCUT2D eigenvalue weighted by Crippen LogP contribution is -2.40. The minimum absolute atomic E-state index is 0.0920. The number of hydrogen-bond acceptors (Lipinski definition) is 6. The Morgan fingerprint density at radius 1 is 0.500 bits per heavy atom. The predicted molar refractivity (Wildman–Crippen MR) is 253 cm³/mol. The third kappa shape index (κ3) is 8.03. The third-order valence-corrected chi connectivity index (χ3v) is 12.1. The molecule has 2 aliphatic carbocycles. The van der Waals surface area contributed by atoms with Crippen molar-refractivity contribution < 1.29 is 0 Å². The first-order chi connectivity index (χ1) is 30.5. The maximum absolute atomic E-state index is 5.36. The van der Waals surface area contributed by atoms with Crippen LogP contribution >= 0.6 is 0 Å². The first-order valence-corrected chi connectivity index (χ1v) is 21.4. The van der Waals surface area contributed by atoms with Crippen LogP contribution in [0.5, 0.6) is 0 Å². The van der Waals surface area contributed by atoms with Crippen molar-refractivity contribution in [1.82, 2.24) is 20.3 Å². The van der Waals surface area contributed by atoms with Crippen LogP contribution in [0.2, 0.25) is 0 Å². The second kappa shape index (κ2) is 17.2. The van der Waals surface area contributed by atoms with Gasteiger partial charge in [0.1, 0.15) is 17.8 Å². The lowest BCUT2D eigenvalue weighted by molar-refractivity contribution is 0.613. The SMILES string of the molecule is CC1C=CC(C2N=C(c3ccccc3)N=C(c3ccccc3)N2)=CC1c1cccc(-c2nc(-c3ccccc3)nc(C3C=C(c4ccccc4)C=C(c4ccccc4)C3C)n2)c1. The van der Waals surface area contributed by atoms with Crippen molar-refractivity contribution in [2.24, 2.45) is 21.8 Å². The number of hydrogen-bond donors (Lipinski definition) is 1. The fraction of sp³-hybridized carbons (Fsp3) is 0.125. The zero-order valence-corrected chi connectivity index (χ0v) is 34.8. The summed E-state index contributed by atoms with van der Waals surface area (Å²) >= 11 is 0. The van der Waals surface area contributed by atoms with Crippen molar-refractivity contribution in [3.8, 4) is 22.8 Å². The summed E-state index contributed by atoms with van der Waals surface area (Å²) < 4.78 is 0. The molecule has 0 saturated heterocycles. The van der Waals surface area contributed by atoms with Gasteiger partial charge in [-0.3, -0.25) is 0 Å². The minimum Gasteiger partial charge on any atom is -0.344 e. The van der Waals surface area contributed by atoms with Crippen LogP contribution < -0.4 is 5.32 Å². The van der Waals surface area contributed by atoms with Gasteiger partial charge in [0.2, 0.25) is 0 Å². The Hall–Kier alpha value is -7.57. The van der Waals surface area contributed by atoms with Gasteiger partial charge in [0.15, 0.2) is 17.5 Å². The highest BCUT2D eigenvalue weighted by Crippen LogP contribution is 2.43. The van der Waals surface area contributed by atoms with Crippen LogP contribution in [0, 0.1) is 11.8 Å². The van der Waals surface area contributed by atoms with Gasteiger partial charge in [0.05, 0.1) is 0 Å². The molecule has 5 unspecified atom stereocenters. The van der Waals surface area contributed by atoms with Crippen LogP contribution in [-0.4, -0.2) is 32.8 Å². The number of nitrogens with zero attached hydrogens (tertiary/aromatic N) is 5. The molecule has 6 aromatic carbocycles. The van der Waals surface area contributed by atoms with Gasteiger partial charge in [-0.1, -0.05) is 214 Å². The molecule has 0 spiro atoms. The fourth-order valence-corrected chi connectivity index (χ4v) is 8.69. The average Bonchev–Trinajstić information content (AvgIpc) is 3.35. The summed E-state index contributed by atoms with van der Waals surface area (Å²) in [4.78, 5) is 26.0. The zero-order chi connectivity index (χ0) is 41.8. The Morgan fingerprint density at radius 3 is 1.73 bits per heavy atom. The molecule has 2 heterocycles. The number of nitrogens with one attached hydrogen (secondary N) is 1. The van der Waals surface area contributed by atoms with E-state index in [1.165, 1.54) is 22.3 Å². The highest BCUT2D eigenvalue weighted by Gasteiger charge is 2.31. The van der Waals surface area contributed by atoms with Gasteiger partial charge >= 0.3 is 0 Å². The van der Waals surface area contributed by atoms with Crippen LogP contribution in [0.4, 0.5) is 0 Å². The van der Waals surface area contributed by atoms with Crippen molar-refractivity contribution in [3.05, 3.63) is 246 Å². The number of allylic oxidation sites excluding steroid dienone is 6. The fourth-order valence-electron chi connectivity index (χ4n) is 8.69. The molecular weight excluding hydrogens is 757 g/mol. The number of aliphatic imine (C=N–C) groups is 2. The van der Waals surface area contributed by atoms with Gasteiger partial charge in [-0.05, 0) is 51.3 Å². The van der Waals surface area contributed by atoms with Crippen LogP contribution in [0.3, 0.4) is 0 Å². The van der Waals surface area contributed by atoms with Gasteiger partial charge in [-0.2, -0.15) is 0 Å². The standard InChI is InChI=1S/C56H46N6/c1-37-31-32-46(55-58-51(41-23-12-5-13-24-41)57-52(59-55)42-25-14-6-15-26-42)34-48(37)44-29-18-30-45(33-44)54-60-53(43-27-16-7-17-28-43)61-56(62-54)50-36-47(39-19-8-3-9-20-39)35-49(38(50)2)40-21-10-4-11-22-40/h3-38,48,50,55H,1-2H3,(H,57,58,59). The van der Waals surface area contributed by atoms with Crippen molar-refractivity contribution in [3.63, 3.8) is 0 Å². The van der Waals surface area contributed by atoms with E-state index < -0.39 is 0 Å². The zero-order valence-electron chi connectivity index (χ0n) is 34.8. The molecule has 6 nitrogen and oxygen atoms in total. The van der Waals surface area contributed by atoms with Crippen molar-refractivity contribution in [2.75, 3.05) is 0 Å². The van der Waals surface area contributed by atoms with Crippen molar-refractivity contribution in [2.45, 2.75) is 31.8 Å². The lowest BCUT2D eigenvalue weighted by Gasteiger charge is -2.29. The maximum atomic E-state index is 5.36. The average molecular weight is 803 g/mol. The molecule has 1 N–H and O–H groups in total. The highest BCUT2D eigenvalue weighted by molar-refractivity contribution is 6.13. The molecule has 0 radical (unpaired) electrons. The molecule has 300 valence electrons. The van der Waals surface area contributed by atoms with E-state index in [2.05, 4.69) is 171 Å². The molecule has 62 heavy (non-hydrogen) atoms. The van der Waals surface area contributed by atoms with E-state index in [1.54, 1.807) is 0 Å². The van der Waals surface area contributed by atoms with E-state index >= 15 is 0 Å². The number of benzene rings is 6. The van der Waals surface area contributed by atoms with Gasteiger partial charge in [-0.25, -0.2) is 24.9 Å². The molecule has 1 aliphatic heterocycles. The van der Waals surface area contributed by atoms with Gasteiger partial charge in [-0.15, -0.1) is 0 Å². The molecule has 10 rings (SSSR count). The normalized spacial score (nSPS) is 20.8. The van der Waals surface area contributed by atoms with E-state index in [0.29, 0.717) is 17.5 Å². The Labute approximate surface area is 363 Å². The molecule has 0 saturated carbocycles. The first kappa shape index (κ1) is 38.6. The lowest BCUT2D eigenvalue weighted by atomic mass is 9.76. The number of aromatic nitrogens is 3. The monoisotopic (exact) mass is 802 g/mol. The molecule has 0 bridgehead atoms. The second-order valence-electron chi connectivity index (χ2n) is 16.2. The second-order valence-corrected chi connectivity index (χ2v) is 16.2. The number of rotatable bonds is 9. The van der Waals surface area contributed by atoms with Crippen LogP contribution in [0.1, 0.15) is 59.3 Å². The van der Waals surface area contributed by atoms with Crippen LogP contribution in [-0.2, 0) is 0 Å². The van der Waals surface area contributed by atoms with Crippen LogP contribution in [0.25, 0.3) is 33.9 Å². The highest BCUT2D eigenvalue weighted by atomic mass is 15.2. The Kier molecular flexibility index (Phi) is 10.7. The number of amidine groups is 2. The van der Waals surface area contributed by atoms with Crippen LogP contribution in [0.15, 0.2) is 222 Å². The molecule has 1 aromatic heterocycles. The van der Waals surface area contributed by atoms with Crippen molar-refractivity contribution in [1.29, 1.82) is 0 Å². The Morgan fingerprint density at radius 2 is 1.06 bits per heavy atom. The van der Waals surface area contributed by atoms with Gasteiger partial charge in [0.25, 0.3) is 0 Å². The molecular formula is C56H46N6. The van der Waals surface area contributed by atoms with E-state index in [0.717, 1.165) is 45.1 Å². The summed E-state index contributed by atoms with van der Waals surface area (Å²) in [5.41, 5.74) is 11.0. The summed E-state index contributed by atoms with van der Waals surface area (Å²) in [6, 6.07) is 60.8. The molecule has 0 fully saturated rings. The van der Waals surface area contributed by atoms with E-state index in [9.17, 15) is 0 Å². The van der Waals surface area contributed by atoms with Gasteiger partial charge < -0.3 is 5.32 Å². The smallest absolute Gasteiger partial charge is 0.163 e. The summed E-state index contributed by atoms with van der Waals surface area (Å²) in [5, 5.41) is 3.66. The quantitative estimate of drug-likeness (QED) is 0.158. The molecule has 3 aliphatic rings. The van der Waals surface area contributed by atoms with Crippen molar-refractivity contribution >= 4 is 22.8 Å². The van der Waals surface area contributed by atoms with Gasteiger partial charge in [0, 0.05) is 34.1 Å². The summed E-state index contributed by atoms with van der Waals surface area (Å²) in [5.74, 6) is 3.95. The maximum Gasteiger partial charge on any atom is 0.163 e. The first-order valence-electron chi connectivity index (χ1n) is 21.4. The van der Waals surface area contributed by atoms with E-state index in [1.807, 2.05) is 54.6 Å². The largest absolute Gasteiger partial charge is 0.344 e. The molecule has 5 atom stereocenters. The summed E-state index contributed by atoms with van der Waals surface area (Å²) in [6.07, 6.45) is 11.3. The summed E-state index contributed by atoms with van der Waals surface area (Å²) in [6.45, 7) is 4.57. The predicted octanol–water partition coefficient (Wildman–Crippen LogP) is 12.1. The molecule has 7 aromatic rings. The topological polar surface area (TPSA) is 75.4 Å². The molecule has 0 amide bonds. The van der Waals surface area contributed by atoms with E-state index in [4.69, 9.17) is 24.9 Å². The summed E-state index contributed by atoms with van der Waals surface area (Å²) in [7, 11) is 0. The van der Waals surface area contributed by atoms with E-state index in [-0.39, 0.29) is 29.8 Å².